The molecular formula is C14H22N2O2S. The molecule has 1 fully saturated rings. The van der Waals surface area contributed by atoms with Crippen molar-refractivity contribution in [3.8, 4) is 0 Å². The molecule has 1 aliphatic rings. The van der Waals surface area contributed by atoms with Gasteiger partial charge < -0.3 is 5.73 Å². The van der Waals surface area contributed by atoms with Crippen LogP contribution < -0.4 is 10.5 Å². The molecule has 0 heterocycles. The van der Waals surface area contributed by atoms with Gasteiger partial charge in [0.1, 0.15) is 4.90 Å². The molecule has 1 aliphatic carbocycles. The van der Waals surface area contributed by atoms with Gasteiger partial charge in [-0.2, -0.15) is 0 Å². The van der Waals surface area contributed by atoms with E-state index in [9.17, 15) is 8.42 Å². The molecule has 0 aromatic heterocycles. The Bertz CT molecular complexity index is 528. The average molecular weight is 282 g/mol. The van der Waals surface area contributed by atoms with E-state index in [0.717, 1.165) is 19.3 Å². The lowest BCUT2D eigenvalue weighted by atomic mass is 9.98. The number of rotatable bonds is 3. The van der Waals surface area contributed by atoms with E-state index in [-0.39, 0.29) is 10.9 Å². The molecule has 5 heteroatoms. The molecule has 4 nitrogen and oxygen atoms in total. The normalized spacial score (nSPS) is 24.9. The average Bonchev–Trinajstić information content (AvgIpc) is 2.55. The third-order valence-corrected chi connectivity index (χ3v) is 5.44. The Morgan fingerprint density at radius 2 is 1.84 bits per heavy atom. The highest BCUT2D eigenvalue weighted by Gasteiger charge is 2.26. The molecule has 0 radical (unpaired) electrons. The van der Waals surface area contributed by atoms with Gasteiger partial charge in [-0.15, -0.1) is 0 Å². The second-order valence-corrected chi connectivity index (χ2v) is 7.06. The third-order valence-electron chi connectivity index (χ3n) is 3.88. The van der Waals surface area contributed by atoms with Gasteiger partial charge in [-0.1, -0.05) is 38.3 Å². The number of nitrogens with two attached hydrogens (primary N) is 1. The van der Waals surface area contributed by atoms with Crippen molar-refractivity contribution >= 4 is 15.7 Å². The summed E-state index contributed by atoms with van der Waals surface area (Å²) >= 11 is 0. The second kappa shape index (κ2) is 5.92. The summed E-state index contributed by atoms with van der Waals surface area (Å²) in [6, 6.07) is 6.63. The molecule has 2 rings (SSSR count). The van der Waals surface area contributed by atoms with Gasteiger partial charge in [0.2, 0.25) is 10.0 Å². The van der Waals surface area contributed by atoms with Crippen molar-refractivity contribution < 1.29 is 8.42 Å². The van der Waals surface area contributed by atoms with E-state index in [2.05, 4.69) is 11.6 Å². The first-order chi connectivity index (χ1) is 9.00. The van der Waals surface area contributed by atoms with E-state index in [1.807, 2.05) is 0 Å². The van der Waals surface area contributed by atoms with Crippen LogP contribution >= 0.6 is 0 Å². The maximum absolute atomic E-state index is 12.4. The van der Waals surface area contributed by atoms with Gasteiger partial charge in [0.15, 0.2) is 0 Å². The number of benzene rings is 1. The molecule has 1 aromatic rings. The summed E-state index contributed by atoms with van der Waals surface area (Å²) in [4.78, 5) is 0.187. The SMILES string of the molecule is CC1CCCCCC1NS(=O)(=O)c1ccccc1N. The number of anilines is 1. The van der Waals surface area contributed by atoms with Crippen LogP contribution in [0.2, 0.25) is 0 Å². The monoisotopic (exact) mass is 282 g/mol. The Hall–Kier alpha value is -1.07. The topological polar surface area (TPSA) is 72.2 Å². The maximum Gasteiger partial charge on any atom is 0.242 e. The first-order valence-corrected chi connectivity index (χ1v) is 8.36. The van der Waals surface area contributed by atoms with Crippen LogP contribution in [0.1, 0.15) is 39.0 Å². The van der Waals surface area contributed by atoms with Crippen LogP contribution in [0.4, 0.5) is 5.69 Å². The fourth-order valence-corrected chi connectivity index (χ4v) is 4.17. The lowest BCUT2D eigenvalue weighted by Gasteiger charge is -2.23. The molecule has 2 atom stereocenters. The highest BCUT2D eigenvalue weighted by atomic mass is 32.2. The first-order valence-electron chi connectivity index (χ1n) is 6.87. The lowest BCUT2D eigenvalue weighted by Crippen LogP contribution is -2.39. The predicted octanol–water partition coefficient (Wildman–Crippen LogP) is 2.52. The second-order valence-electron chi connectivity index (χ2n) is 5.38. The third kappa shape index (κ3) is 3.48. The van der Waals surface area contributed by atoms with E-state index >= 15 is 0 Å². The number of para-hydroxylation sites is 1. The summed E-state index contributed by atoms with van der Waals surface area (Å²) in [6.45, 7) is 2.12. The van der Waals surface area contributed by atoms with Gasteiger partial charge in [0.25, 0.3) is 0 Å². The molecule has 0 aliphatic heterocycles. The highest BCUT2D eigenvalue weighted by Crippen LogP contribution is 2.25. The Morgan fingerprint density at radius 3 is 2.58 bits per heavy atom. The van der Waals surface area contributed by atoms with E-state index in [1.165, 1.54) is 12.8 Å². The zero-order valence-corrected chi connectivity index (χ0v) is 12.1. The molecule has 2 unspecified atom stereocenters. The number of hydrogen-bond donors (Lipinski definition) is 2. The van der Waals surface area contributed by atoms with Crippen LogP contribution in [0.3, 0.4) is 0 Å². The largest absolute Gasteiger partial charge is 0.398 e. The fourth-order valence-electron chi connectivity index (χ4n) is 2.66. The van der Waals surface area contributed by atoms with Gasteiger partial charge in [-0.3, -0.25) is 0 Å². The summed E-state index contributed by atoms with van der Waals surface area (Å²) in [5, 5.41) is 0. The maximum atomic E-state index is 12.4. The fraction of sp³-hybridized carbons (Fsp3) is 0.571. The number of hydrogen-bond acceptors (Lipinski definition) is 3. The zero-order valence-electron chi connectivity index (χ0n) is 11.3. The summed E-state index contributed by atoms with van der Waals surface area (Å²) in [5.41, 5.74) is 6.06. The molecule has 0 bridgehead atoms. The van der Waals surface area contributed by atoms with Crippen molar-refractivity contribution in [2.24, 2.45) is 5.92 Å². The summed E-state index contributed by atoms with van der Waals surface area (Å²) in [7, 11) is -3.51. The smallest absolute Gasteiger partial charge is 0.242 e. The van der Waals surface area contributed by atoms with Gasteiger partial charge in [-0.25, -0.2) is 13.1 Å². The lowest BCUT2D eigenvalue weighted by molar-refractivity contribution is 0.399. The van der Waals surface area contributed by atoms with Crippen LogP contribution in [0.25, 0.3) is 0 Å². The highest BCUT2D eigenvalue weighted by molar-refractivity contribution is 7.89. The summed E-state index contributed by atoms with van der Waals surface area (Å²) in [5.74, 6) is 0.377. The Balaban J connectivity index is 2.19. The Morgan fingerprint density at radius 1 is 1.16 bits per heavy atom. The van der Waals surface area contributed by atoms with Gasteiger partial charge in [0.05, 0.1) is 5.69 Å². The van der Waals surface area contributed by atoms with E-state index in [4.69, 9.17) is 5.73 Å². The molecule has 1 aromatic carbocycles. The molecule has 0 saturated heterocycles. The molecule has 19 heavy (non-hydrogen) atoms. The van der Waals surface area contributed by atoms with Crippen LogP contribution in [-0.4, -0.2) is 14.5 Å². The Labute approximate surface area is 115 Å². The zero-order chi connectivity index (χ0) is 13.9. The van der Waals surface area contributed by atoms with Crippen molar-refractivity contribution in [1.29, 1.82) is 0 Å². The summed E-state index contributed by atoms with van der Waals surface area (Å²) in [6.07, 6.45) is 5.45. The molecule has 0 amide bonds. The van der Waals surface area contributed by atoms with E-state index < -0.39 is 10.0 Å². The van der Waals surface area contributed by atoms with E-state index in [0.29, 0.717) is 11.6 Å². The summed E-state index contributed by atoms with van der Waals surface area (Å²) < 4.78 is 27.6. The number of sulfonamides is 1. The minimum atomic E-state index is -3.51. The molecule has 1 saturated carbocycles. The van der Waals surface area contributed by atoms with Gasteiger partial charge >= 0.3 is 0 Å². The van der Waals surface area contributed by atoms with Crippen LogP contribution in [0, 0.1) is 5.92 Å². The molecule has 0 spiro atoms. The van der Waals surface area contributed by atoms with Gasteiger partial charge in [0, 0.05) is 6.04 Å². The molecular weight excluding hydrogens is 260 g/mol. The minimum absolute atomic E-state index is 0.0205. The van der Waals surface area contributed by atoms with Gasteiger partial charge in [-0.05, 0) is 30.9 Å². The van der Waals surface area contributed by atoms with Crippen molar-refractivity contribution in [1.82, 2.24) is 4.72 Å². The number of nitrogen functional groups attached to an aromatic ring is 1. The van der Waals surface area contributed by atoms with Crippen molar-refractivity contribution in [2.45, 2.75) is 50.0 Å². The molecule has 106 valence electrons. The first kappa shape index (κ1) is 14.3. The van der Waals surface area contributed by atoms with Crippen molar-refractivity contribution in [3.05, 3.63) is 24.3 Å². The van der Waals surface area contributed by atoms with Crippen LogP contribution in [0.5, 0.6) is 0 Å². The van der Waals surface area contributed by atoms with Crippen LogP contribution in [-0.2, 0) is 10.0 Å². The predicted molar refractivity (Wildman–Crippen MR) is 77.2 cm³/mol. The Kier molecular flexibility index (Phi) is 4.47. The molecule has 3 N–H and O–H groups in total. The number of nitrogens with one attached hydrogen (secondary N) is 1. The van der Waals surface area contributed by atoms with Crippen molar-refractivity contribution in [3.63, 3.8) is 0 Å². The van der Waals surface area contributed by atoms with Crippen molar-refractivity contribution in [2.75, 3.05) is 5.73 Å². The standard InChI is InChI=1S/C14H22N2O2S/c1-11-7-3-2-4-9-13(11)16-19(17,18)14-10-6-5-8-12(14)15/h5-6,8,10-11,13,16H,2-4,7,9,15H2,1H3. The quantitative estimate of drug-likeness (QED) is 0.661. The van der Waals surface area contributed by atoms with Crippen LogP contribution in [0.15, 0.2) is 29.2 Å². The minimum Gasteiger partial charge on any atom is -0.398 e. The van der Waals surface area contributed by atoms with E-state index in [1.54, 1.807) is 24.3 Å².